The zero-order valence-electron chi connectivity index (χ0n) is 6.95. The minimum absolute atomic E-state index is 0.410. The van der Waals surface area contributed by atoms with E-state index >= 15 is 0 Å². The maximum Gasteiger partial charge on any atom is 0.228 e. The Morgan fingerprint density at radius 2 is 2.17 bits per heavy atom. The van der Waals surface area contributed by atoms with E-state index in [2.05, 4.69) is 6.92 Å². The van der Waals surface area contributed by atoms with Gasteiger partial charge in [0, 0.05) is 12.6 Å². The molecule has 1 fully saturated rings. The van der Waals surface area contributed by atoms with Crippen LogP contribution in [0.15, 0.2) is 0 Å². The van der Waals surface area contributed by atoms with Crippen molar-refractivity contribution >= 4 is 11.6 Å². The molecule has 0 spiro atoms. The Bertz CT molecular complexity index is 212. The smallest absolute Gasteiger partial charge is 0.228 e. The normalized spacial score (nSPS) is 31.6. The number of hydrogen-bond donors (Lipinski definition) is 1. The molecule has 0 aromatic heterocycles. The molecule has 3 atom stereocenters. The molecule has 1 aliphatic carbocycles. The van der Waals surface area contributed by atoms with Crippen molar-refractivity contribution in [3.8, 4) is 0 Å². The molecule has 0 aromatic carbocycles. The zero-order valence-corrected chi connectivity index (χ0v) is 6.95. The van der Waals surface area contributed by atoms with Crippen LogP contribution >= 0.6 is 0 Å². The highest BCUT2D eigenvalue weighted by Gasteiger charge is 2.51. The first-order valence-electron chi connectivity index (χ1n) is 3.88. The van der Waals surface area contributed by atoms with Crippen LogP contribution in [0, 0.1) is 12.8 Å². The van der Waals surface area contributed by atoms with Gasteiger partial charge in [0.1, 0.15) is 6.10 Å². The summed E-state index contributed by atoms with van der Waals surface area (Å²) in [5.41, 5.74) is 5.41. The van der Waals surface area contributed by atoms with E-state index in [1.54, 1.807) is 6.92 Å². The minimum Gasteiger partial charge on any atom is -0.369 e. The molecule has 1 aliphatic rings. The highest BCUT2D eigenvalue weighted by atomic mass is 16.5. The first-order chi connectivity index (χ1) is 5.59. The van der Waals surface area contributed by atoms with Crippen LogP contribution in [0.4, 0.5) is 0 Å². The first-order valence-corrected chi connectivity index (χ1v) is 3.88. The number of Topliss-reactive ketones (excluding diaryl/α,β-unsaturated/α-hetero) is 2. The molecular formula is C8H12NO3. The average Bonchev–Trinajstić information content (AvgIpc) is 2.02. The highest BCUT2D eigenvalue weighted by molar-refractivity contribution is 6.47. The molecule has 0 aromatic rings. The van der Waals surface area contributed by atoms with Crippen LogP contribution in [0.3, 0.4) is 0 Å². The first kappa shape index (κ1) is 9.35. The summed E-state index contributed by atoms with van der Waals surface area (Å²) in [6.45, 7) is 5.68. The third-order valence-electron chi connectivity index (χ3n) is 1.94. The maximum atomic E-state index is 10.9. The van der Waals surface area contributed by atoms with Crippen molar-refractivity contribution in [2.75, 3.05) is 6.61 Å². The van der Waals surface area contributed by atoms with Crippen molar-refractivity contribution in [3.63, 3.8) is 0 Å². The summed E-state index contributed by atoms with van der Waals surface area (Å²) < 4.78 is 5.04. The van der Waals surface area contributed by atoms with Crippen LogP contribution in [0.5, 0.6) is 0 Å². The van der Waals surface area contributed by atoms with Crippen LogP contribution in [0.2, 0.25) is 0 Å². The van der Waals surface area contributed by atoms with Gasteiger partial charge < -0.3 is 10.5 Å². The Morgan fingerprint density at radius 1 is 1.58 bits per heavy atom. The molecule has 1 radical (unpaired) electrons. The fourth-order valence-corrected chi connectivity index (χ4v) is 1.29. The SMILES string of the molecule is [CH2]C(N)C1C(=O)C(=O)[C@H]1OCC. The van der Waals surface area contributed by atoms with E-state index in [0.29, 0.717) is 6.61 Å². The van der Waals surface area contributed by atoms with Crippen molar-refractivity contribution in [3.05, 3.63) is 6.92 Å². The Hall–Kier alpha value is -0.740. The number of carbonyl (C=O) groups excluding carboxylic acids is 2. The summed E-state index contributed by atoms with van der Waals surface area (Å²) in [7, 11) is 0. The molecule has 4 nitrogen and oxygen atoms in total. The maximum absolute atomic E-state index is 10.9. The Kier molecular flexibility index (Phi) is 2.59. The van der Waals surface area contributed by atoms with E-state index in [0.717, 1.165) is 0 Å². The lowest BCUT2D eigenvalue weighted by molar-refractivity contribution is -0.163. The molecule has 2 unspecified atom stereocenters. The molecule has 0 saturated heterocycles. The summed E-state index contributed by atoms with van der Waals surface area (Å²) in [4.78, 5) is 21.8. The van der Waals surface area contributed by atoms with Gasteiger partial charge in [-0.05, 0) is 13.8 Å². The van der Waals surface area contributed by atoms with Crippen molar-refractivity contribution in [1.29, 1.82) is 0 Å². The molecule has 0 bridgehead atoms. The van der Waals surface area contributed by atoms with Gasteiger partial charge in [0.25, 0.3) is 0 Å². The standard InChI is InChI=1S/C8H12NO3/c1-3-12-8-5(4(2)9)6(10)7(8)11/h4-5,8H,2-3,9H2,1H3/t4?,5?,8-/m0/s1. The highest BCUT2D eigenvalue weighted by Crippen LogP contribution is 2.25. The lowest BCUT2D eigenvalue weighted by Gasteiger charge is -2.34. The molecule has 1 rings (SSSR count). The molecule has 0 aliphatic heterocycles. The van der Waals surface area contributed by atoms with Crippen molar-refractivity contribution < 1.29 is 14.3 Å². The predicted molar refractivity (Wildman–Crippen MR) is 42.3 cm³/mol. The number of carbonyl (C=O) groups is 2. The summed E-state index contributed by atoms with van der Waals surface area (Å²) in [6.07, 6.45) is -0.644. The average molecular weight is 170 g/mol. The Balaban J connectivity index is 2.62. The van der Waals surface area contributed by atoms with Gasteiger partial charge in [-0.1, -0.05) is 0 Å². The Morgan fingerprint density at radius 3 is 2.58 bits per heavy atom. The molecular weight excluding hydrogens is 158 g/mol. The van der Waals surface area contributed by atoms with Gasteiger partial charge in [-0.15, -0.1) is 0 Å². The number of rotatable bonds is 3. The molecule has 2 N–H and O–H groups in total. The summed E-state index contributed by atoms with van der Waals surface area (Å²) in [5, 5.41) is 0. The topological polar surface area (TPSA) is 69.4 Å². The van der Waals surface area contributed by atoms with Gasteiger partial charge >= 0.3 is 0 Å². The molecule has 4 heteroatoms. The van der Waals surface area contributed by atoms with E-state index in [-0.39, 0.29) is 0 Å². The van der Waals surface area contributed by atoms with Crippen molar-refractivity contribution in [2.24, 2.45) is 11.7 Å². The van der Waals surface area contributed by atoms with Gasteiger partial charge in [0.2, 0.25) is 11.6 Å². The van der Waals surface area contributed by atoms with Crippen LogP contribution in [0.1, 0.15) is 6.92 Å². The van der Waals surface area contributed by atoms with Gasteiger partial charge in [0.15, 0.2) is 0 Å². The van der Waals surface area contributed by atoms with Crippen molar-refractivity contribution in [1.82, 2.24) is 0 Å². The number of ether oxygens (including phenoxy) is 1. The quantitative estimate of drug-likeness (QED) is 0.570. The van der Waals surface area contributed by atoms with E-state index in [9.17, 15) is 9.59 Å². The number of nitrogens with two attached hydrogens (primary N) is 1. The van der Waals surface area contributed by atoms with E-state index in [4.69, 9.17) is 10.5 Å². The van der Waals surface area contributed by atoms with Gasteiger partial charge in [-0.2, -0.15) is 0 Å². The lowest BCUT2D eigenvalue weighted by atomic mass is 9.75. The molecule has 1 saturated carbocycles. The van der Waals surface area contributed by atoms with E-state index in [1.807, 2.05) is 0 Å². The largest absolute Gasteiger partial charge is 0.369 e. The molecule has 12 heavy (non-hydrogen) atoms. The van der Waals surface area contributed by atoms with Crippen LogP contribution in [-0.4, -0.2) is 30.3 Å². The fraction of sp³-hybridized carbons (Fsp3) is 0.625. The van der Waals surface area contributed by atoms with E-state index in [1.165, 1.54) is 0 Å². The van der Waals surface area contributed by atoms with Gasteiger partial charge in [0.05, 0.1) is 5.92 Å². The fourth-order valence-electron chi connectivity index (χ4n) is 1.29. The molecule has 67 valence electrons. The van der Waals surface area contributed by atoms with Crippen LogP contribution < -0.4 is 5.73 Å². The van der Waals surface area contributed by atoms with Gasteiger partial charge in [-0.3, -0.25) is 9.59 Å². The zero-order chi connectivity index (χ0) is 9.30. The molecule has 0 heterocycles. The number of ketones is 2. The van der Waals surface area contributed by atoms with Gasteiger partial charge in [-0.25, -0.2) is 0 Å². The Labute approximate surface area is 71.1 Å². The number of hydrogen-bond acceptors (Lipinski definition) is 4. The van der Waals surface area contributed by atoms with Crippen LogP contribution in [-0.2, 0) is 14.3 Å². The summed E-state index contributed by atoms with van der Waals surface area (Å²) >= 11 is 0. The second kappa shape index (κ2) is 3.33. The minimum atomic E-state index is -0.644. The third-order valence-corrected chi connectivity index (χ3v) is 1.94. The second-order valence-electron chi connectivity index (χ2n) is 2.79. The predicted octanol–water partition coefficient (Wildman–Crippen LogP) is -0.679. The van der Waals surface area contributed by atoms with Crippen molar-refractivity contribution in [2.45, 2.75) is 19.1 Å². The lowest BCUT2D eigenvalue weighted by Crippen LogP contribution is -2.60. The summed E-state index contributed by atoms with van der Waals surface area (Å²) in [5.74, 6) is -1.45. The monoisotopic (exact) mass is 170 g/mol. The van der Waals surface area contributed by atoms with E-state index < -0.39 is 29.6 Å². The third kappa shape index (κ3) is 1.28. The summed E-state index contributed by atoms with van der Waals surface area (Å²) in [6, 6.07) is -0.549. The second-order valence-corrected chi connectivity index (χ2v) is 2.79. The van der Waals surface area contributed by atoms with Crippen LogP contribution in [0.25, 0.3) is 0 Å². The molecule has 0 amide bonds.